The van der Waals surface area contributed by atoms with Crippen molar-refractivity contribution in [2.24, 2.45) is 0 Å². The number of sulfonamides is 1. The molecule has 0 aliphatic rings. The molecule has 0 radical (unpaired) electrons. The third-order valence-corrected chi connectivity index (χ3v) is 6.17. The summed E-state index contributed by atoms with van der Waals surface area (Å²) in [5.74, 6) is 0. The van der Waals surface area contributed by atoms with Gasteiger partial charge in [-0.25, -0.2) is 13.1 Å². The van der Waals surface area contributed by atoms with Crippen molar-refractivity contribution in [2.45, 2.75) is 103 Å². The fraction of sp³-hybridized carbons (Fsp3) is 0.944. The molecule has 136 valence electrons. The maximum Gasteiger partial charge on any atom is 0.214 e. The Hall–Kier alpha value is -0.600. The Kier molecular flexibility index (Phi) is 14.6. The molecule has 0 bridgehead atoms. The molecule has 0 saturated carbocycles. The third-order valence-electron chi connectivity index (χ3n) is 4.22. The molecule has 0 aromatic rings. The molecule has 0 aliphatic carbocycles. The number of nitriles is 1. The van der Waals surface area contributed by atoms with Crippen LogP contribution in [-0.2, 0) is 10.0 Å². The van der Waals surface area contributed by atoms with Crippen LogP contribution < -0.4 is 4.72 Å². The van der Waals surface area contributed by atoms with Crippen LogP contribution in [0.5, 0.6) is 0 Å². The minimum absolute atomic E-state index is 0.264. The molecular formula is C18H36N2O2S. The summed E-state index contributed by atoms with van der Waals surface area (Å²) in [6.07, 6.45) is 13.0. The number of unbranched alkanes of at least 4 members (excludes halogenated alkanes) is 8. The van der Waals surface area contributed by atoms with Crippen molar-refractivity contribution in [1.82, 2.24) is 4.72 Å². The maximum atomic E-state index is 12.4. The minimum atomic E-state index is -3.24. The molecule has 0 rings (SSSR count). The lowest BCUT2D eigenvalue weighted by Crippen LogP contribution is -2.35. The van der Waals surface area contributed by atoms with Crippen LogP contribution >= 0.6 is 0 Å². The van der Waals surface area contributed by atoms with Gasteiger partial charge in [-0.05, 0) is 19.3 Å². The van der Waals surface area contributed by atoms with Crippen LogP contribution in [0.25, 0.3) is 0 Å². The predicted octanol–water partition coefficient (Wildman–Crippen LogP) is 4.91. The molecule has 0 spiro atoms. The number of nitrogens with one attached hydrogen (secondary N) is 1. The van der Waals surface area contributed by atoms with E-state index >= 15 is 0 Å². The van der Waals surface area contributed by atoms with Crippen molar-refractivity contribution in [2.75, 3.05) is 6.54 Å². The number of nitrogens with zero attached hydrogens (tertiary/aromatic N) is 1. The van der Waals surface area contributed by atoms with Gasteiger partial charge in [-0.3, -0.25) is 0 Å². The van der Waals surface area contributed by atoms with Crippen LogP contribution in [0.15, 0.2) is 0 Å². The molecule has 0 aliphatic heterocycles. The van der Waals surface area contributed by atoms with Gasteiger partial charge in [0, 0.05) is 13.0 Å². The van der Waals surface area contributed by atoms with Crippen molar-refractivity contribution < 1.29 is 8.42 Å². The second-order valence-corrected chi connectivity index (χ2v) is 8.42. The van der Waals surface area contributed by atoms with Gasteiger partial charge in [0.05, 0.1) is 11.3 Å². The second kappa shape index (κ2) is 15.0. The topological polar surface area (TPSA) is 70.0 Å². The van der Waals surface area contributed by atoms with Crippen LogP contribution in [0.3, 0.4) is 0 Å². The summed E-state index contributed by atoms with van der Waals surface area (Å²) in [5.41, 5.74) is 0. The van der Waals surface area contributed by atoms with Crippen LogP contribution in [0.2, 0.25) is 0 Å². The van der Waals surface area contributed by atoms with Crippen molar-refractivity contribution in [3.8, 4) is 6.07 Å². The Morgan fingerprint density at radius 2 is 1.43 bits per heavy atom. The SMILES string of the molecule is CCCCCCCCCC(CCCC)S(=O)(=O)NCCCC#N. The number of rotatable bonds is 16. The van der Waals surface area contributed by atoms with E-state index < -0.39 is 10.0 Å². The first kappa shape index (κ1) is 22.4. The summed E-state index contributed by atoms with van der Waals surface area (Å²) in [6, 6.07) is 2.05. The fourth-order valence-corrected chi connectivity index (χ4v) is 4.33. The summed E-state index contributed by atoms with van der Waals surface area (Å²) in [4.78, 5) is 0. The predicted molar refractivity (Wildman–Crippen MR) is 97.7 cm³/mol. The zero-order valence-corrected chi connectivity index (χ0v) is 16.0. The highest BCUT2D eigenvalue weighted by atomic mass is 32.2. The lowest BCUT2D eigenvalue weighted by atomic mass is 10.1. The Morgan fingerprint density at radius 1 is 0.870 bits per heavy atom. The molecule has 23 heavy (non-hydrogen) atoms. The van der Waals surface area contributed by atoms with E-state index in [9.17, 15) is 8.42 Å². The molecule has 0 aromatic carbocycles. The van der Waals surface area contributed by atoms with Gasteiger partial charge in [-0.2, -0.15) is 5.26 Å². The van der Waals surface area contributed by atoms with E-state index in [0.717, 1.165) is 38.5 Å². The molecule has 4 nitrogen and oxygen atoms in total. The normalized spacial score (nSPS) is 12.9. The van der Waals surface area contributed by atoms with E-state index in [4.69, 9.17) is 5.26 Å². The Bertz CT molecular complexity index is 402. The first-order valence-electron chi connectivity index (χ1n) is 9.43. The maximum absolute atomic E-state index is 12.4. The number of hydrogen-bond acceptors (Lipinski definition) is 3. The second-order valence-electron chi connectivity index (χ2n) is 6.38. The molecule has 0 aromatic heterocycles. The van der Waals surface area contributed by atoms with E-state index in [1.54, 1.807) is 0 Å². The summed E-state index contributed by atoms with van der Waals surface area (Å²) < 4.78 is 27.5. The van der Waals surface area contributed by atoms with E-state index in [2.05, 4.69) is 18.6 Å². The number of hydrogen-bond donors (Lipinski definition) is 1. The summed E-state index contributed by atoms with van der Waals surface area (Å²) in [5, 5.41) is 8.25. The molecule has 0 saturated heterocycles. The van der Waals surface area contributed by atoms with E-state index in [-0.39, 0.29) is 5.25 Å². The standard InChI is InChI=1S/C18H36N2O2S/c1-3-5-7-8-9-10-11-15-18(14-6-4-2)23(21,22)20-17-13-12-16-19/h18,20H,3-15,17H2,1-2H3. The molecule has 1 unspecified atom stereocenters. The summed E-state index contributed by atoms with van der Waals surface area (Å²) in [7, 11) is -3.24. The zero-order chi connectivity index (χ0) is 17.4. The van der Waals surface area contributed by atoms with Crippen LogP contribution in [-0.4, -0.2) is 20.2 Å². The van der Waals surface area contributed by atoms with Crippen molar-refractivity contribution in [3.05, 3.63) is 0 Å². The van der Waals surface area contributed by atoms with Gasteiger partial charge >= 0.3 is 0 Å². The minimum Gasteiger partial charge on any atom is -0.215 e. The quantitative estimate of drug-likeness (QED) is 0.404. The average Bonchev–Trinajstić information content (AvgIpc) is 2.53. The Balaban J connectivity index is 4.15. The first-order chi connectivity index (χ1) is 11.1. The van der Waals surface area contributed by atoms with E-state index in [0.29, 0.717) is 19.4 Å². The highest BCUT2D eigenvalue weighted by molar-refractivity contribution is 7.90. The summed E-state index contributed by atoms with van der Waals surface area (Å²) in [6.45, 7) is 4.69. The van der Waals surface area contributed by atoms with Crippen molar-refractivity contribution >= 4 is 10.0 Å². The van der Waals surface area contributed by atoms with Gasteiger partial charge in [0.15, 0.2) is 0 Å². The molecule has 0 amide bonds. The van der Waals surface area contributed by atoms with Gasteiger partial charge in [0.2, 0.25) is 10.0 Å². The Morgan fingerprint density at radius 3 is 2.04 bits per heavy atom. The molecule has 1 N–H and O–H groups in total. The van der Waals surface area contributed by atoms with Crippen LogP contribution in [0, 0.1) is 11.3 Å². The average molecular weight is 345 g/mol. The smallest absolute Gasteiger partial charge is 0.214 e. The zero-order valence-electron chi connectivity index (χ0n) is 15.1. The fourth-order valence-electron chi connectivity index (χ4n) is 2.72. The van der Waals surface area contributed by atoms with E-state index in [1.807, 2.05) is 6.07 Å². The molecular weight excluding hydrogens is 308 g/mol. The highest BCUT2D eigenvalue weighted by Crippen LogP contribution is 2.18. The third kappa shape index (κ3) is 12.5. The van der Waals surface area contributed by atoms with Crippen molar-refractivity contribution in [1.29, 1.82) is 5.26 Å². The van der Waals surface area contributed by atoms with Crippen molar-refractivity contribution in [3.63, 3.8) is 0 Å². The molecule has 0 fully saturated rings. The van der Waals surface area contributed by atoms with Crippen LogP contribution in [0.4, 0.5) is 0 Å². The highest BCUT2D eigenvalue weighted by Gasteiger charge is 2.23. The largest absolute Gasteiger partial charge is 0.215 e. The monoisotopic (exact) mass is 344 g/mol. The van der Waals surface area contributed by atoms with Crippen LogP contribution in [0.1, 0.15) is 97.3 Å². The molecule has 1 atom stereocenters. The van der Waals surface area contributed by atoms with Gasteiger partial charge < -0.3 is 0 Å². The van der Waals surface area contributed by atoms with E-state index in [1.165, 1.54) is 32.1 Å². The lowest BCUT2D eigenvalue weighted by molar-refractivity contribution is 0.513. The van der Waals surface area contributed by atoms with Gasteiger partial charge in [-0.1, -0.05) is 71.6 Å². The lowest BCUT2D eigenvalue weighted by Gasteiger charge is -2.18. The molecule has 5 heteroatoms. The van der Waals surface area contributed by atoms with Gasteiger partial charge in [0.25, 0.3) is 0 Å². The summed E-state index contributed by atoms with van der Waals surface area (Å²) >= 11 is 0. The van der Waals surface area contributed by atoms with Gasteiger partial charge in [0.1, 0.15) is 0 Å². The Labute approximate surface area is 144 Å². The molecule has 0 heterocycles. The van der Waals surface area contributed by atoms with Gasteiger partial charge in [-0.15, -0.1) is 0 Å². The first-order valence-corrected chi connectivity index (χ1v) is 11.0.